The highest BCUT2D eigenvalue weighted by atomic mass is 15.2. The van der Waals surface area contributed by atoms with Crippen LogP contribution in [0.2, 0.25) is 0 Å². The van der Waals surface area contributed by atoms with Crippen LogP contribution in [-0.2, 0) is 6.54 Å². The number of nitrogens with two attached hydrogens (primary N) is 2. The zero-order chi connectivity index (χ0) is 12.8. The van der Waals surface area contributed by atoms with Crippen LogP contribution >= 0.6 is 0 Å². The number of aliphatic imine (C=N–C) groups is 1. The van der Waals surface area contributed by atoms with Crippen molar-refractivity contribution in [2.45, 2.75) is 31.8 Å². The first-order valence-corrected chi connectivity index (χ1v) is 6.59. The van der Waals surface area contributed by atoms with Gasteiger partial charge >= 0.3 is 0 Å². The lowest BCUT2D eigenvalue weighted by Gasteiger charge is -2.34. The summed E-state index contributed by atoms with van der Waals surface area (Å²) in [6, 6.07) is 11.0. The van der Waals surface area contributed by atoms with Crippen LogP contribution in [0.5, 0.6) is 0 Å². The van der Waals surface area contributed by atoms with E-state index in [1.807, 2.05) is 0 Å². The molecule has 4 heteroatoms. The number of rotatable bonds is 4. The van der Waals surface area contributed by atoms with Gasteiger partial charge in [-0.1, -0.05) is 36.8 Å². The fourth-order valence-electron chi connectivity index (χ4n) is 2.50. The first-order valence-electron chi connectivity index (χ1n) is 6.59. The summed E-state index contributed by atoms with van der Waals surface area (Å²) < 4.78 is 0. The van der Waals surface area contributed by atoms with E-state index in [0.717, 1.165) is 19.6 Å². The summed E-state index contributed by atoms with van der Waals surface area (Å²) >= 11 is 0. The highest BCUT2D eigenvalue weighted by Gasteiger charge is 2.21. The minimum Gasteiger partial charge on any atom is -0.370 e. The van der Waals surface area contributed by atoms with Gasteiger partial charge in [0.2, 0.25) is 0 Å². The van der Waals surface area contributed by atoms with E-state index in [2.05, 4.69) is 40.2 Å². The molecule has 4 N–H and O–H groups in total. The maximum atomic E-state index is 5.42. The zero-order valence-corrected chi connectivity index (χ0v) is 10.8. The van der Waals surface area contributed by atoms with Gasteiger partial charge in [-0.3, -0.25) is 9.89 Å². The van der Waals surface area contributed by atoms with Crippen LogP contribution in [0.3, 0.4) is 0 Å². The van der Waals surface area contributed by atoms with Crippen molar-refractivity contribution in [3.63, 3.8) is 0 Å². The molecule has 1 aromatic carbocycles. The average Bonchev–Trinajstić information content (AvgIpc) is 2.39. The van der Waals surface area contributed by atoms with E-state index in [1.54, 1.807) is 0 Å². The number of piperidine rings is 1. The number of hydrogen-bond donors (Lipinski definition) is 2. The topological polar surface area (TPSA) is 67.6 Å². The van der Waals surface area contributed by atoms with E-state index in [0.29, 0.717) is 6.04 Å². The molecule has 0 saturated carbocycles. The third-order valence-electron chi connectivity index (χ3n) is 3.46. The van der Waals surface area contributed by atoms with E-state index < -0.39 is 0 Å². The van der Waals surface area contributed by atoms with Gasteiger partial charge in [0.1, 0.15) is 0 Å². The third-order valence-corrected chi connectivity index (χ3v) is 3.46. The summed E-state index contributed by atoms with van der Waals surface area (Å²) in [6.45, 7) is 2.85. The maximum Gasteiger partial charge on any atom is 0.185 e. The predicted octanol–water partition coefficient (Wildman–Crippen LogP) is 1.31. The van der Waals surface area contributed by atoms with Crippen molar-refractivity contribution in [2.75, 3.05) is 13.1 Å². The van der Waals surface area contributed by atoms with Gasteiger partial charge in [-0.05, 0) is 24.9 Å². The quantitative estimate of drug-likeness (QED) is 0.622. The minimum atomic E-state index is 0.195. The van der Waals surface area contributed by atoms with Gasteiger partial charge in [-0.15, -0.1) is 0 Å². The first-order chi connectivity index (χ1) is 8.75. The second kappa shape index (κ2) is 6.40. The van der Waals surface area contributed by atoms with E-state index in [-0.39, 0.29) is 5.96 Å². The second-order valence-electron chi connectivity index (χ2n) is 4.87. The SMILES string of the molecule is NC(N)=NC[C@@H]1CCCCN1Cc1ccccc1. The van der Waals surface area contributed by atoms with Crippen LogP contribution in [0.15, 0.2) is 35.3 Å². The molecule has 0 aromatic heterocycles. The Morgan fingerprint density at radius 3 is 2.72 bits per heavy atom. The lowest BCUT2D eigenvalue weighted by Crippen LogP contribution is -2.41. The molecule has 1 heterocycles. The van der Waals surface area contributed by atoms with Gasteiger partial charge in [-0.25, -0.2) is 0 Å². The minimum absolute atomic E-state index is 0.195. The van der Waals surface area contributed by atoms with Crippen molar-refractivity contribution in [2.24, 2.45) is 16.5 Å². The predicted molar refractivity (Wildman–Crippen MR) is 75.2 cm³/mol. The summed E-state index contributed by atoms with van der Waals surface area (Å²) in [6.07, 6.45) is 3.73. The zero-order valence-electron chi connectivity index (χ0n) is 10.8. The molecule has 1 atom stereocenters. The fourth-order valence-corrected chi connectivity index (χ4v) is 2.50. The van der Waals surface area contributed by atoms with Gasteiger partial charge < -0.3 is 11.5 Å². The molecule has 0 bridgehead atoms. The van der Waals surface area contributed by atoms with Gasteiger partial charge in [0.05, 0.1) is 6.54 Å². The lowest BCUT2D eigenvalue weighted by molar-refractivity contribution is 0.145. The van der Waals surface area contributed by atoms with Gasteiger partial charge in [0.15, 0.2) is 5.96 Å². The molecule has 1 fully saturated rings. The smallest absolute Gasteiger partial charge is 0.185 e. The fraction of sp³-hybridized carbons (Fsp3) is 0.500. The summed E-state index contributed by atoms with van der Waals surface area (Å²) in [4.78, 5) is 6.66. The number of nitrogens with zero attached hydrogens (tertiary/aromatic N) is 2. The van der Waals surface area contributed by atoms with Crippen molar-refractivity contribution in [3.8, 4) is 0 Å². The molecular weight excluding hydrogens is 224 g/mol. The van der Waals surface area contributed by atoms with Crippen molar-refractivity contribution < 1.29 is 0 Å². The van der Waals surface area contributed by atoms with Crippen LogP contribution in [0.1, 0.15) is 24.8 Å². The average molecular weight is 246 g/mol. The number of benzene rings is 1. The van der Waals surface area contributed by atoms with Crippen molar-refractivity contribution in [3.05, 3.63) is 35.9 Å². The van der Waals surface area contributed by atoms with Crippen LogP contribution in [0, 0.1) is 0 Å². The Morgan fingerprint density at radius 1 is 1.22 bits per heavy atom. The molecule has 0 radical (unpaired) electrons. The molecule has 1 saturated heterocycles. The Labute approximate surface area is 109 Å². The standard InChI is InChI=1S/C14H22N4/c15-14(16)17-10-13-8-4-5-9-18(13)11-12-6-2-1-3-7-12/h1-3,6-7,13H,4-5,8-11H2,(H4,15,16,17)/t13-/m0/s1. The van der Waals surface area contributed by atoms with Gasteiger partial charge in [-0.2, -0.15) is 0 Å². The Kier molecular flexibility index (Phi) is 4.59. The molecule has 2 rings (SSSR count). The monoisotopic (exact) mass is 246 g/mol. The van der Waals surface area contributed by atoms with Crippen LogP contribution in [0.4, 0.5) is 0 Å². The molecule has 0 unspecified atom stereocenters. The lowest BCUT2D eigenvalue weighted by atomic mass is 10.0. The summed E-state index contributed by atoms with van der Waals surface area (Å²) in [5, 5.41) is 0. The van der Waals surface area contributed by atoms with Gasteiger partial charge in [0, 0.05) is 12.6 Å². The molecule has 4 nitrogen and oxygen atoms in total. The molecule has 0 aliphatic carbocycles. The van der Waals surface area contributed by atoms with E-state index in [9.17, 15) is 0 Å². The molecule has 1 aliphatic rings. The summed E-state index contributed by atoms with van der Waals surface area (Å²) in [5.41, 5.74) is 12.2. The molecule has 1 aromatic rings. The van der Waals surface area contributed by atoms with Crippen molar-refractivity contribution >= 4 is 5.96 Å². The van der Waals surface area contributed by atoms with E-state index >= 15 is 0 Å². The number of hydrogen-bond acceptors (Lipinski definition) is 2. The summed E-state index contributed by atoms with van der Waals surface area (Å²) in [7, 11) is 0. The first kappa shape index (κ1) is 12.9. The van der Waals surface area contributed by atoms with E-state index in [4.69, 9.17) is 11.5 Å². The second-order valence-corrected chi connectivity index (χ2v) is 4.87. The van der Waals surface area contributed by atoms with Crippen molar-refractivity contribution in [1.29, 1.82) is 0 Å². The highest BCUT2D eigenvalue weighted by Crippen LogP contribution is 2.19. The van der Waals surface area contributed by atoms with Crippen molar-refractivity contribution in [1.82, 2.24) is 4.90 Å². The van der Waals surface area contributed by atoms with Crippen LogP contribution < -0.4 is 11.5 Å². The van der Waals surface area contributed by atoms with E-state index in [1.165, 1.54) is 24.8 Å². The summed E-state index contributed by atoms with van der Waals surface area (Å²) in [5.74, 6) is 0.195. The Bertz CT molecular complexity index is 384. The van der Waals surface area contributed by atoms with Crippen LogP contribution in [-0.4, -0.2) is 30.0 Å². The third kappa shape index (κ3) is 3.74. The Balaban J connectivity index is 1.97. The normalized spacial score (nSPS) is 20.6. The molecule has 0 spiro atoms. The molecule has 1 aliphatic heterocycles. The molecule has 98 valence electrons. The van der Waals surface area contributed by atoms with Crippen LogP contribution in [0.25, 0.3) is 0 Å². The maximum absolute atomic E-state index is 5.42. The highest BCUT2D eigenvalue weighted by molar-refractivity contribution is 5.75. The number of likely N-dealkylation sites (tertiary alicyclic amines) is 1. The molecule has 18 heavy (non-hydrogen) atoms. The number of guanidine groups is 1. The molecule has 0 amide bonds. The largest absolute Gasteiger partial charge is 0.370 e. The molecular formula is C14H22N4. The van der Waals surface area contributed by atoms with Gasteiger partial charge in [0.25, 0.3) is 0 Å². The Morgan fingerprint density at radius 2 is 2.00 bits per heavy atom. The Hall–Kier alpha value is -1.55.